The third-order valence-electron chi connectivity index (χ3n) is 7.51. The summed E-state index contributed by atoms with van der Waals surface area (Å²) in [6.07, 6.45) is 3.82. The standard InChI is InChI=1S/C30H30F4N6O3S/c1-39-10-8-30(38-39)44(42,43)40-11-9-35-16-24(40)6-7-25-27(34)17-36-18-28(25)37-29(41)15-26(19-2-4-21(31)5-3-19)20-12-22(32)14-23(33)13-20/h2-5,8,10,12-14,17-18,24,26,35H,6-7,9,11,15-16H2,1H3,(H,37,41)/t24-,26-/m0/s1. The van der Waals surface area contributed by atoms with Crippen LogP contribution in [0.2, 0.25) is 0 Å². The number of halogens is 4. The van der Waals surface area contributed by atoms with Crippen molar-refractivity contribution >= 4 is 21.6 Å². The van der Waals surface area contributed by atoms with Crippen molar-refractivity contribution < 1.29 is 30.8 Å². The summed E-state index contributed by atoms with van der Waals surface area (Å²) in [4.78, 5) is 17.1. The van der Waals surface area contributed by atoms with Crippen molar-refractivity contribution in [1.82, 2.24) is 24.4 Å². The molecule has 1 aliphatic heterocycles. The Labute approximate surface area is 252 Å². The Kier molecular flexibility index (Phi) is 9.42. The van der Waals surface area contributed by atoms with Crippen molar-refractivity contribution in [2.45, 2.75) is 36.2 Å². The van der Waals surface area contributed by atoms with E-state index >= 15 is 4.39 Å². The number of amides is 1. The van der Waals surface area contributed by atoms with E-state index in [1.165, 1.54) is 51.7 Å². The van der Waals surface area contributed by atoms with E-state index in [0.29, 0.717) is 24.7 Å². The molecule has 3 heterocycles. The monoisotopic (exact) mass is 630 g/mol. The lowest BCUT2D eigenvalue weighted by Gasteiger charge is -2.34. The van der Waals surface area contributed by atoms with Crippen LogP contribution in [0, 0.1) is 23.3 Å². The molecule has 1 amide bonds. The zero-order valence-electron chi connectivity index (χ0n) is 23.7. The van der Waals surface area contributed by atoms with Gasteiger partial charge in [-0.1, -0.05) is 12.1 Å². The molecule has 0 radical (unpaired) electrons. The van der Waals surface area contributed by atoms with Crippen LogP contribution >= 0.6 is 0 Å². The summed E-state index contributed by atoms with van der Waals surface area (Å²) < 4.78 is 86.2. The van der Waals surface area contributed by atoms with Crippen molar-refractivity contribution in [3.05, 3.63) is 107 Å². The predicted octanol–water partition coefficient (Wildman–Crippen LogP) is 4.13. The zero-order chi connectivity index (χ0) is 31.4. The Morgan fingerprint density at radius 3 is 2.43 bits per heavy atom. The maximum Gasteiger partial charge on any atom is 0.262 e. The van der Waals surface area contributed by atoms with Crippen LogP contribution in [-0.2, 0) is 28.3 Å². The summed E-state index contributed by atoms with van der Waals surface area (Å²) in [5.41, 5.74) is 0.828. The number of anilines is 1. The minimum Gasteiger partial charge on any atom is -0.324 e. The van der Waals surface area contributed by atoms with Gasteiger partial charge >= 0.3 is 0 Å². The number of hydrogen-bond acceptors (Lipinski definition) is 6. The maximum absolute atomic E-state index is 15.1. The molecule has 0 aliphatic carbocycles. The molecule has 1 fully saturated rings. The fourth-order valence-electron chi connectivity index (χ4n) is 5.38. The Bertz CT molecular complexity index is 1730. The highest BCUT2D eigenvalue weighted by atomic mass is 32.2. The smallest absolute Gasteiger partial charge is 0.262 e. The van der Waals surface area contributed by atoms with Gasteiger partial charge in [0.2, 0.25) is 5.91 Å². The lowest BCUT2D eigenvalue weighted by atomic mass is 9.88. The molecule has 232 valence electrons. The van der Waals surface area contributed by atoms with Gasteiger partial charge in [-0.25, -0.2) is 26.0 Å². The molecule has 1 saturated heterocycles. The van der Waals surface area contributed by atoms with Gasteiger partial charge in [0.05, 0.1) is 18.1 Å². The summed E-state index contributed by atoms with van der Waals surface area (Å²) in [5.74, 6) is -4.31. The van der Waals surface area contributed by atoms with E-state index < -0.39 is 51.2 Å². The molecule has 44 heavy (non-hydrogen) atoms. The van der Waals surface area contributed by atoms with Gasteiger partial charge in [0.25, 0.3) is 10.0 Å². The van der Waals surface area contributed by atoms with Gasteiger partial charge < -0.3 is 10.6 Å². The third-order valence-corrected chi connectivity index (χ3v) is 9.36. The van der Waals surface area contributed by atoms with Crippen LogP contribution < -0.4 is 10.6 Å². The minimum atomic E-state index is -3.90. The van der Waals surface area contributed by atoms with Crippen molar-refractivity contribution in [2.24, 2.45) is 7.05 Å². The number of carbonyl (C=O) groups is 1. The molecule has 0 unspecified atom stereocenters. The second kappa shape index (κ2) is 13.2. The van der Waals surface area contributed by atoms with E-state index in [0.717, 1.165) is 18.3 Å². The molecule has 2 atom stereocenters. The molecular formula is C30H30F4N6O3S. The second-order valence-electron chi connectivity index (χ2n) is 10.5. The number of carbonyl (C=O) groups excluding carboxylic acids is 1. The molecule has 2 aromatic carbocycles. The molecule has 1 aliphatic rings. The average Bonchev–Trinajstić information content (AvgIpc) is 3.43. The van der Waals surface area contributed by atoms with E-state index in [-0.39, 0.29) is 47.6 Å². The molecule has 5 rings (SSSR count). The molecule has 0 saturated carbocycles. The average molecular weight is 631 g/mol. The Morgan fingerprint density at radius 2 is 1.75 bits per heavy atom. The fourth-order valence-corrected chi connectivity index (χ4v) is 6.99. The Morgan fingerprint density at radius 1 is 1.02 bits per heavy atom. The number of sulfonamides is 1. The zero-order valence-corrected chi connectivity index (χ0v) is 24.5. The van der Waals surface area contributed by atoms with E-state index in [2.05, 4.69) is 20.7 Å². The molecule has 0 bridgehead atoms. The molecule has 2 N–H and O–H groups in total. The number of hydrogen-bond donors (Lipinski definition) is 2. The molecule has 4 aromatic rings. The fraction of sp³-hybridized carbons (Fsp3) is 0.300. The van der Waals surface area contributed by atoms with Gasteiger partial charge in [0, 0.05) is 62.9 Å². The number of aromatic nitrogens is 3. The van der Waals surface area contributed by atoms with Gasteiger partial charge in [-0.05, 0) is 54.3 Å². The number of aryl methyl sites for hydroxylation is 1. The van der Waals surface area contributed by atoms with Crippen molar-refractivity contribution in [2.75, 3.05) is 25.0 Å². The van der Waals surface area contributed by atoms with Crippen LogP contribution in [0.5, 0.6) is 0 Å². The molecule has 0 spiro atoms. The lowest BCUT2D eigenvalue weighted by Crippen LogP contribution is -2.53. The molecule has 9 nitrogen and oxygen atoms in total. The SMILES string of the molecule is Cn1ccc(S(=O)(=O)N2CCNC[C@@H]2CCc2c(F)cncc2NC(=O)C[C@@H](c2ccc(F)cc2)c2cc(F)cc(F)c2)n1. The number of nitrogens with one attached hydrogen (secondary N) is 2. The normalized spacial score (nSPS) is 16.5. The number of benzene rings is 2. The van der Waals surface area contributed by atoms with Gasteiger partial charge in [0.1, 0.15) is 23.3 Å². The number of rotatable bonds is 10. The summed E-state index contributed by atoms with van der Waals surface area (Å²) in [5, 5.41) is 9.79. The van der Waals surface area contributed by atoms with Crippen molar-refractivity contribution in [1.29, 1.82) is 0 Å². The molecular weight excluding hydrogens is 600 g/mol. The first-order valence-corrected chi connectivity index (χ1v) is 15.3. The van der Waals surface area contributed by atoms with Crippen LogP contribution in [0.4, 0.5) is 23.2 Å². The highest BCUT2D eigenvalue weighted by Crippen LogP contribution is 2.31. The minimum absolute atomic E-state index is 0.0705. The largest absolute Gasteiger partial charge is 0.324 e. The summed E-state index contributed by atoms with van der Waals surface area (Å²) >= 11 is 0. The first-order chi connectivity index (χ1) is 21.0. The van der Waals surface area contributed by atoms with Crippen molar-refractivity contribution in [3.8, 4) is 0 Å². The number of piperazine rings is 1. The van der Waals surface area contributed by atoms with Crippen LogP contribution in [-0.4, -0.2) is 59.1 Å². The van der Waals surface area contributed by atoms with Crippen LogP contribution in [0.25, 0.3) is 0 Å². The quantitative estimate of drug-likeness (QED) is 0.255. The number of pyridine rings is 1. The third kappa shape index (κ3) is 7.14. The summed E-state index contributed by atoms with van der Waals surface area (Å²) in [6.45, 7) is 0.985. The van der Waals surface area contributed by atoms with Crippen LogP contribution in [0.3, 0.4) is 0 Å². The van der Waals surface area contributed by atoms with Gasteiger partial charge in [0.15, 0.2) is 5.03 Å². The number of nitrogens with zero attached hydrogens (tertiary/aromatic N) is 4. The Hall–Kier alpha value is -4.14. The van der Waals surface area contributed by atoms with E-state index in [1.807, 2.05) is 0 Å². The van der Waals surface area contributed by atoms with Gasteiger partial charge in [-0.15, -0.1) is 0 Å². The lowest BCUT2D eigenvalue weighted by molar-refractivity contribution is -0.116. The van der Waals surface area contributed by atoms with E-state index in [9.17, 15) is 26.4 Å². The van der Waals surface area contributed by atoms with E-state index in [4.69, 9.17) is 0 Å². The van der Waals surface area contributed by atoms with E-state index in [1.54, 1.807) is 7.05 Å². The van der Waals surface area contributed by atoms with Gasteiger partial charge in [-0.3, -0.25) is 14.5 Å². The van der Waals surface area contributed by atoms with Crippen LogP contribution in [0.15, 0.2) is 72.1 Å². The maximum atomic E-state index is 15.1. The van der Waals surface area contributed by atoms with Crippen molar-refractivity contribution in [3.63, 3.8) is 0 Å². The highest BCUT2D eigenvalue weighted by Gasteiger charge is 2.35. The first-order valence-electron chi connectivity index (χ1n) is 13.9. The summed E-state index contributed by atoms with van der Waals surface area (Å²) in [6, 6.07) is 9.03. The van der Waals surface area contributed by atoms with Gasteiger partial charge in [-0.2, -0.15) is 9.40 Å². The second-order valence-corrected chi connectivity index (χ2v) is 12.4. The Balaban J connectivity index is 1.35. The predicted molar refractivity (Wildman–Crippen MR) is 154 cm³/mol. The highest BCUT2D eigenvalue weighted by molar-refractivity contribution is 7.89. The molecule has 2 aromatic heterocycles. The molecule has 14 heteroatoms. The topological polar surface area (TPSA) is 109 Å². The first kappa shape index (κ1) is 31.3. The summed E-state index contributed by atoms with van der Waals surface area (Å²) in [7, 11) is -2.28. The van der Waals surface area contributed by atoms with Crippen LogP contribution in [0.1, 0.15) is 35.4 Å².